The Morgan fingerprint density at radius 3 is 2.45 bits per heavy atom. The van der Waals surface area contributed by atoms with Crippen molar-refractivity contribution in [3.8, 4) is 0 Å². The minimum atomic E-state index is 0.596. The molecule has 0 atom stereocenters. The lowest BCUT2D eigenvalue weighted by molar-refractivity contribution is 0.578. The van der Waals surface area contributed by atoms with Gasteiger partial charge in [0.15, 0.2) is 0 Å². The third-order valence-corrected chi connectivity index (χ3v) is 2.14. The smallest absolute Gasteiger partial charge is 0.0276 e. The van der Waals surface area contributed by atoms with Crippen LogP contribution in [0, 0.1) is 6.92 Å². The summed E-state index contributed by atoms with van der Waals surface area (Å²) in [5.74, 6) is 0. The molecule has 0 N–H and O–H groups in total. The quantitative estimate of drug-likeness (QED) is 0.612. The van der Waals surface area contributed by atoms with Crippen molar-refractivity contribution in [1.82, 2.24) is 4.57 Å². The summed E-state index contributed by atoms with van der Waals surface area (Å²) < 4.78 is 2.34. The fraction of sp³-hybridized carbons (Fsp3) is 0.600. The molecule has 1 aromatic heterocycles. The van der Waals surface area contributed by atoms with Gasteiger partial charge in [0.25, 0.3) is 0 Å². The van der Waals surface area contributed by atoms with Gasteiger partial charge in [0.2, 0.25) is 0 Å². The van der Waals surface area contributed by atoms with Crippen LogP contribution in [0.25, 0.3) is 0 Å². The molecule has 0 aliphatic rings. The highest BCUT2D eigenvalue weighted by Crippen LogP contribution is 2.15. The second kappa shape index (κ2) is 3.12. The Balaban J connectivity index is 3.05. The zero-order chi connectivity index (χ0) is 8.43. The first kappa shape index (κ1) is 8.38. The van der Waals surface area contributed by atoms with Crippen molar-refractivity contribution < 1.29 is 0 Å². The van der Waals surface area contributed by atoms with Gasteiger partial charge in [0.1, 0.15) is 0 Å². The van der Waals surface area contributed by atoms with Crippen LogP contribution in [0.15, 0.2) is 12.3 Å². The summed E-state index contributed by atoms with van der Waals surface area (Å²) in [6.07, 6.45) is 3.32. The van der Waals surface area contributed by atoms with E-state index >= 15 is 0 Å². The molecule has 1 aromatic rings. The third kappa shape index (κ3) is 1.47. The van der Waals surface area contributed by atoms with Crippen LogP contribution >= 0.6 is 0 Å². The van der Waals surface area contributed by atoms with Gasteiger partial charge in [-0.2, -0.15) is 0 Å². The van der Waals surface area contributed by atoms with E-state index in [0.717, 1.165) is 6.42 Å². The maximum atomic E-state index is 2.34. The van der Waals surface area contributed by atoms with E-state index in [4.69, 9.17) is 0 Å². The molecule has 62 valence electrons. The predicted molar refractivity (Wildman–Crippen MR) is 48.9 cm³/mol. The SMILES string of the molecule is CCc1c(C)ccn1C(C)C. The van der Waals surface area contributed by atoms with Gasteiger partial charge in [-0.15, -0.1) is 0 Å². The molecule has 0 saturated heterocycles. The van der Waals surface area contributed by atoms with Crippen LogP contribution in [0.5, 0.6) is 0 Å². The lowest BCUT2D eigenvalue weighted by Gasteiger charge is -2.12. The Hall–Kier alpha value is -0.720. The Kier molecular flexibility index (Phi) is 2.38. The normalized spacial score (nSPS) is 11.0. The molecule has 1 rings (SSSR count). The first-order valence-electron chi connectivity index (χ1n) is 4.33. The molecular weight excluding hydrogens is 134 g/mol. The van der Waals surface area contributed by atoms with Gasteiger partial charge in [0.05, 0.1) is 0 Å². The molecule has 0 aromatic carbocycles. The Morgan fingerprint density at radius 1 is 1.45 bits per heavy atom. The predicted octanol–water partition coefficient (Wildman–Crippen LogP) is 2.94. The number of hydrogen-bond donors (Lipinski definition) is 0. The number of nitrogens with zero attached hydrogens (tertiary/aromatic N) is 1. The van der Waals surface area contributed by atoms with E-state index in [2.05, 4.69) is 44.5 Å². The summed E-state index contributed by atoms with van der Waals surface area (Å²) in [6, 6.07) is 2.79. The molecule has 0 amide bonds. The zero-order valence-corrected chi connectivity index (χ0v) is 7.89. The average molecular weight is 151 g/mol. The van der Waals surface area contributed by atoms with Gasteiger partial charge >= 0.3 is 0 Å². The Labute approximate surface area is 69.0 Å². The molecule has 0 aliphatic heterocycles. The van der Waals surface area contributed by atoms with E-state index in [1.807, 2.05) is 0 Å². The highest BCUT2D eigenvalue weighted by Gasteiger charge is 2.04. The molecule has 0 saturated carbocycles. The zero-order valence-electron chi connectivity index (χ0n) is 7.89. The summed E-state index contributed by atoms with van der Waals surface area (Å²) in [6.45, 7) is 8.83. The van der Waals surface area contributed by atoms with Gasteiger partial charge in [-0.25, -0.2) is 0 Å². The monoisotopic (exact) mass is 151 g/mol. The second-order valence-electron chi connectivity index (χ2n) is 3.30. The van der Waals surface area contributed by atoms with E-state index in [-0.39, 0.29) is 0 Å². The molecule has 1 nitrogen and oxygen atoms in total. The van der Waals surface area contributed by atoms with E-state index in [9.17, 15) is 0 Å². The molecule has 0 unspecified atom stereocenters. The largest absolute Gasteiger partial charge is 0.349 e. The van der Waals surface area contributed by atoms with Crippen molar-refractivity contribution in [2.75, 3.05) is 0 Å². The van der Waals surface area contributed by atoms with Crippen LogP contribution in [0.1, 0.15) is 38.1 Å². The van der Waals surface area contributed by atoms with Crippen molar-refractivity contribution in [2.45, 2.75) is 40.2 Å². The van der Waals surface area contributed by atoms with Crippen LogP contribution in [0.4, 0.5) is 0 Å². The first-order valence-corrected chi connectivity index (χ1v) is 4.33. The first-order chi connectivity index (χ1) is 5.16. The van der Waals surface area contributed by atoms with Crippen LogP contribution in [0.3, 0.4) is 0 Å². The molecule has 0 aliphatic carbocycles. The molecule has 1 heteroatoms. The summed E-state index contributed by atoms with van der Waals surface area (Å²) >= 11 is 0. The number of aryl methyl sites for hydroxylation is 1. The third-order valence-electron chi connectivity index (χ3n) is 2.14. The maximum Gasteiger partial charge on any atom is 0.0276 e. The highest BCUT2D eigenvalue weighted by atomic mass is 15.0. The van der Waals surface area contributed by atoms with Gasteiger partial charge in [-0.3, -0.25) is 0 Å². The molecule has 0 spiro atoms. The standard InChI is InChI=1S/C10H17N/c1-5-10-9(4)6-7-11(10)8(2)3/h6-8H,5H2,1-4H3. The van der Waals surface area contributed by atoms with Gasteiger partial charge in [-0.05, 0) is 38.8 Å². The van der Waals surface area contributed by atoms with Crippen LogP contribution < -0.4 is 0 Å². The lowest BCUT2D eigenvalue weighted by Crippen LogP contribution is -2.03. The van der Waals surface area contributed by atoms with Crippen molar-refractivity contribution in [3.63, 3.8) is 0 Å². The topological polar surface area (TPSA) is 4.93 Å². The van der Waals surface area contributed by atoms with Crippen LogP contribution in [-0.2, 0) is 6.42 Å². The van der Waals surface area contributed by atoms with E-state index < -0.39 is 0 Å². The Morgan fingerprint density at radius 2 is 2.09 bits per heavy atom. The van der Waals surface area contributed by atoms with Gasteiger partial charge in [-0.1, -0.05) is 6.92 Å². The number of aromatic nitrogens is 1. The van der Waals surface area contributed by atoms with Gasteiger partial charge in [0, 0.05) is 17.9 Å². The van der Waals surface area contributed by atoms with Crippen LogP contribution in [0.2, 0.25) is 0 Å². The molecule has 0 bridgehead atoms. The van der Waals surface area contributed by atoms with E-state index in [1.165, 1.54) is 11.3 Å². The molecule has 1 heterocycles. The number of hydrogen-bond acceptors (Lipinski definition) is 0. The second-order valence-corrected chi connectivity index (χ2v) is 3.30. The van der Waals surface area contributed by atoms with Crippen molar-refractivity contribution in [1.29, 1.82) is 0 Å². The van der Waals surface area contributed by atoms with Crippen molar-refractivity contribution >= 4 is 0 Å². The highest BCUT2D eigenvalue weighted by molar-refractivity contribution is 5.21. The summed E-state index contributed by atoms with van der Waals surface area (Å²) in [5, 5.41) is 0. The van der Waals surface area contributed by atoms with Crippen LogP contribution in [-0.4, -0.2) is 4.57 Å². The summed E-state index contributed by atoms with van der Waals surface area (Å²) in [4.78, 5) is 0. The maximum absolute atomic E-state index is 2.34. The lowest BCUT2D eigenvalue weighted by atomic mass is 10.2. The fourth-order valence-corrected chi connectivity index (χ4v) is 1.53. The van der Waals surface area contributed by atoms with Crippen molar-refractivity contribution in [2.24, 2.45) is 0 Å². The molecule has 0 radical (unpaired) electrons. The molecule has 0 fully saturated rings. The molecular formula is C10H17N. The number of rotatable bonds is 2. The van der Waals surface area contributed by atoms with E-state index in [0.29, 0.717) is 6.04 Å². The van der Waals surface area contributed by atoms with E-state index in [1.54, 1.807) is 0 Å². The average Bonchev–Trinajstić information content (AvgIpc) is 2.30. The summed E-state index contributed by atoms with van der Waals surface area (Å²) in [7, 11) is 0. The fourth-order valence-electron chi connectivity index (χ4n) is 1.53. The minimum Gasteiger partial charge on any atom is -0.349 e. The van der Waals surface area contributed by atoms with Crippen molar-refractivity contribution in [3.05, 3.63) is 23.5 Å². The van der Waals surface area contributed by atoms with Gasteiger partial charge < -0.3 is 4.57 Å². The summed E-state index contributed by atoms with van der Waals surface area (Å²) in [5.41, 5.74) is 2.89. The minimum absolute atomic E-state index is 0.596. The molecule has 11 heavy (non-hydrogen) atoms. The Bertz CT molecular complexity index is 233.